The van der Waals surface area contributed by atoms with E-state index in [-0.39, 0.29) is 6.03 Å². The molecule has 3 aromatic rings. The second-order valence-corrected chi connectivity index (χ2v) is 6.87. The second-order valence-electron chi connectivity index (χ2n) is 6.87. The number of para-hydroxylation sites is 1. The number of amides is 2. The van der Waals surface area contributed by atoms with Gasteiger partial charge >= 0.3 is 6.03 Å². The van der Waals surface area contributed by atoms with Crippen molar-refractivity contribution in [3.63, 3.8) is 0 Å². The van der Waals surface area contributed by atoms with E-state index in [1.165, 1.54) is 5.56 Å². The minimum atomic E-state index is -0.0999. The molecule has 0 bridgehead atoms. The highest BCUT2D eigenvalue weighted by molar-refractivity contribution is 6.07. The van der Waals surface area contributed by atoms with Crippen molar-refractivity contribution in [1.82, 2.24) is 4.98 Å². The Morgan fingerprint density at radius 2 is 1.96 bits per heavy atom. The predicted molar refractivity (Wildman–Crippen MR) is 107 cm³/mol. The van der Waals surface area contributed by atoms with E-state index in [2.05, 4.69) is 27.3 Å². The van der Waals surface area contributed by atoms with Gasteiger partial charge in [0.05, 0.1) is 11.2 Å². The number of pyridine rings is 1. The number of fused-ring (bicyclic) bond motifs is 2. The minimum absolute atomic E-state index is 0.0999. The lowest BCUT2D eigenvalue weighted by Gasteiger charge is -2.20. The molecule has 1 aliphatic heterocycles. The number of hydrogen-bond donors (Lipinski definition) is 1. The fourth-order valence-corrected chi connectivity index (χ4v) is 3.47. The molecule has 2 heterocycles. The molecule has 0 saturated heterocycles. The summed E-state index contributed by atoms with van der Waals surface area (Å²) < 4.78 is 0. The molecule has 132 valence electrons. The zero-order valence-electron chi connectivity index (χ0n) is 15.3. The minimum Gasteiger partial charge on any atom is -0.378 e. The van der Waals surface area contributed by atoms with Gasteiger partial charge in [0.2, 0.25) is 0 Å². The number of aryl methyl sites for hydroxylation is 1. The molecule has 0 spiro atoms. The summed E-state index contributed by atoms with van der Waals surface area (Å²) in [5.74, 6) is 0. The maximum atomic E-state index is 12.9. The van der Waals surface area contributed by atoms with Crippen LogP contribution in [0.25, 0.3) is 10.9 Å². The molecule has 0 fully saturated rings. The van der Waals surface area contributed by atoms with Crippen LogP contribution in [0.4, 0.5) is 21.9 Å². The highest BCUT2D eigenvalue weighted by Gasteiger charge is 2.25. The molecule has 26 heavy (non-hydrogen) atoms. The molecule has 1 aliphatic rings. The van der Waals surface area contributed by atoms with Crippen molar-refractivity contribution < 1.29 is 4.79 Å². The number of carbonyl (C=O) groups excluding carboxylic acids is 1. The first-order valence-electron chi connectivity index (χ1n) is 8.78. The van der Waals surface area contributed by atoms with Crippen LogP contribution in [0, 0.1) is 6.92 Å². The Labute approximate surface area is 153 Å². The summed E-state index contributed by atoms with van der Waals surface area (Å²) in [6.45, 7) is 2.63. The third-order valence-corrected chi connectivity index (χ3v) is 4.81. The number of benzene rings is 2. The van der Waals surface area contributed by atoms with Crippen molar-refractivity contribution in [3.05, 3.63) is 59.8 Å². The summed E-state index contributed by atoms with van der Waals surface area (Å²) in [7, 11) is 4.05. The van der Waals surface area contributed by atoms with Gasteiger partial charge in [-0.25, -0.2) is 4.79 Å². The van der Waals surface area contributed by atoms with E-state index in [1.54, 1.807) is 0 Å². The van der Waals surface area contributed by atoms with Gasteiger partial charge in [0.15, 0.2) is 0 Å². The molecule has 2 amide bonds. The fourth-order valence-electron chi connectivity index (χ4n) is 3.47. The van der Waals surface area contributed by atoms with E-state index in [0.29, 0.717) is 6.54 Å². The van der Waals surface area contributed by atoms with E-state index in [1.807, 2.05) is 62.3 Å². The van der Waals surface area contributed by atoms with E-state index in [0.717, 1.165) is 40.1 Å². The lowest BCUT2D eigenvalue weighted by Crippen LogP contribution is -2.33. The van der Waals surface area contributed by atoms with Crippen molar-refractivity contribution in [2.45, 2.75) is 13.3 Å². The van der Waals surface area contributed by atoms with Crippen molar-refractivity contribution in [3.8, 4) is 0 Å². The van der Waals surface area contributed by atoms with Gasteiger partial charge in [-0.2, -0.15) is 0 Å². The molecule has 1 aromatic heterocycles. The Kier molecular flexibility index (Phi) is 3.99. The Morgan fingerprint density at radius 3 is 2.77 bits per heavy atom. The van der Waals surface area contributed by atoms with Crippen molar-refractivity contribution in [2.75, 3.05) is 35.8 Å². The quantitative estimate of drug-likeness (QED) is 0.756. The Hall–Kier alpha value is -3.08. The first-order valence-corrected chi connectivity index (χ1v) is 8.78. The number of nitrogens with zero attached hydrogens (tertiary/aromatic N) is 3. The van der Waals surface area contributed by atoms with Crippen LogP contribution in [-0.2, 0) is 6.42 Å². The number of anilines is 3. The van der Waals surface area contributed by atoms with Crippen LogP contribution in [0.5, 0.6) is 0 Å². The zero-order chi connectivity index (χ0) is 18.3. The summed E-state index contributed by atoms with van der Waals surface area (Å²) in [5.41, 5.74) is 5.93. The number of carbonyl (C=O) groups is 1. The monoisotopic (exact) mass is 346 g/mol. The molecule has 0 saturated carbocycles. The Bertz CT molecular complexity index is 996. The lowest BCUT2D eigenvalue weighted by atomic mass is 10.1. The second kappa shape index (κ2) is 6.33. The molecule has 4 rings (SSSR count). The maximum absolute atomic E-state index is 12.9. The first kappa shape index (κ1) is 16.4. The van der Waals surface area contributed by atoms with Gasteiger partial charge < -0.3 is 10.2 Å². The van der Waals surface area contributed by atoms with Gasteiger partial charge in [-0.1, -0.05) is 18.2 Å². The molecule has 0 unspecified atom stereocenters. The molecule has 2 aromatic carbocycles. The largest absolute Gasteiger partial charge is 0.378 e. The SMILES string of the molecule is Cc1cc(NC(=O)N2CCc3cc(N(C)C)ccc32)c2ccccc2n1. The molecule has 0 atom stereocenters. The third-order valence-electron chi connectivity index (χ3n) is 4.81. The smallest absolute Gasteiger partial charge is 0.326 e. The van der Waals surface area contributed by atoms with Gasteiger partial charge in [-0.05, 0) is 49.2 Å². The lowest BCUT2D eigenvalue weighted by molar-refractivity contribution is 0.257. The van der Waals surface area contributed by atoms with Crippen molar-refractivity contribution >= 4 is 34.0 Å². The molecule has 1 N–H and O–H groups in total. The van der Waals surface area contributed by atoms with Crippen molar-refractivity contribution in [2.24, 2.45) is 0 Å². The summed E-state index contributed by atoms with van der Waals surface area (Å²) >= 11 is 0. The summed E-state index contributed by atoms with van der Waals surface area (Å²) in [6.07, 6.45) is 0.876. The van der Waals surface area contributed by atoms with Gasteiger partial charge in [-0.3, -0.25) is 9.88 Å². The topological polar surface area (TPSA) is 48.5 Å². The number of hydrogen-bond acceptors (Lipinski definition) is 3. The summed E-state index contributed by atoms with van der Waals surface area (Å²) in [5, 5.41) is 4.04. The predicted octanol–water partition coefficient (Wildman–Crippen LogP) is 4.20. The number of urea groups is 1. The van der Waals surface area contributed by atoms with E-state index in [4.69, 9.17) is 0 Å². The van der Waals surface area contributed by atoms with Crippen LogP contribution in [0.15, 0.2) is 48.5 Å². The van der Waals surface area contributed by atoms with Crippen molar-refractivity contribution in [1.29, 1.82) is 0 Å². The average molecular weight is 346 g/mol. The van der Waals surface area contributed by atoms with Gasteiger partial charge in [-0.15, -0.1) is 0 Å². The highest BCUT2D eigenvalue weighted by atomic mass is 16.2. The zero-order valence-corrected chi connectivity index (χ0v) is 15.3. The standard InChI is InChI=1S/C21H22N4O/c1-14-12-19(17-6-4-5-7-18(17)22-14)23-21(26)25-11-10-15-13-16(24(2)3)8-9-20(15)25/h4-9,12-13H,10-11H2,1-3H3,(H,22,23,26). The van der Waals surface area contributed by atoms with Crippen LogP contribution in [0.3, 0.4) is 0 Å². The number of aromatic nitrogens is 1. The average Bonchev–Trinajstić information content (AvgIpc) is 3.04. The van der Waals surface area contributed by atoms with Crippen LogP contribution >= 0.6 is 0 Å². The van der Waals surface area contributed by atoms with Crippen LogP contribution < -0.4 is 15.1 Å². The molecule has 0 aliphatic carbocycles. The normalized spacial score (nSPS) is 13.0. The van der Waals surface area contributed by atoms with Gasteiger partial charge in [0.25, 0.3) is 0 Å². The van der Waals surface area contributed by atoms with Crippen LogP contribution in [0.2, 0.25) is 0 Å². The van der Waals surface area contributed by atoms with Gasteiger partial charge in [0.1, 0.15) is 0 Å². The molecular formula is C21H22N4O. The highest BCUT2D eigenvalue weighted by Crippen LogP contribution is 2.32. The Morgan fingerprint density at radius 1 is 1.15 bits per heavy atom. The summed E-state index contributed by atoms with van der Waals surface area (Å²) in [4.78, 5) is 21.4. The molecular weight excluding hydrogens is 324 g/mol. The maximum Gasteiger partial charge on any atom is 0.326 e. The Balaban J connectivity index is 1.63. The molecule has 0 radical (unpaired) electrons. The fraction of sp³-hybridized carbons (Fsp3) is 0.238. The van der Waals surface area contributed by atoms with Gasteiger partial charge in [0, 0.05) is 43.1 Å². The van der Waals surface area contributed by atoms with Crippen LogP contribution in [-0.4, -0.2) is 31.7 Å². The number of nitrogens with one attached hydrogen (secondary N) is 1. The van der Waals surface area contributed by atoms with Crippen LogP contribution in [0.1, 0.15) is 11.3 Å². The molecule has 5 heteroatoms. The van der Waals surface area contributed by atoms with E-state index in [9.17, 15) is 4.79 Å². The number of rotatable bonds is 2. The third kappa shape index (κ3) is 2.86. The first-order chi connectivity index (χ1) is 12.5. The summed E-state index contributed by atoms with van der Waals surface area (Å²) in [6, 6.07) is 15.9. The van der Waals surface area contributed by atoms with E-state index >= 15 is 0 Å². The molecule has 5 nitrogen and oxygen atoms in total. The van der Waals surface area contributed by atoms with E-state index < -0.39 is 0 Å².